The molecule has 0 aromatic carbocycles. The van der Waals surface area contributed by atoms with Gasteiger partial charge in [-0.05, 0) is 34.7 Å². The lowest BCUT2D eigenvalue weighted by Crippen LogP contribution is -2.37. The Balaban J connectivity index is 3.15. The molecule has 0 aromatic rings. The molecule has 0 bridgehead atoms. The number of carbonyl (C=O) groups is 1. The summed E-state index contributed by atoms with van der Waals surface area (Å²) >= 11 is 1.18. The van der Waals surface area contributed by atoms with Gasteiger partial charge in [-0.25, -0.2) is 4.18 Å². The first-order valence-electron chi connectivity index (χ1n) is 5.11. The molecule has 0 amide bonds. The Morgan fingerprint density at radius 3 is 1.79 bits per heavy atom. The van der Waals surface area contributed by atoms with E-state index in [1.165, 1.54) is 22.6 Å². The summed E-state index contributed by atoms with van der Waals surface area (Å²) in [6, 6.07) is 0. The molecule has 138 valence electrons. The van der Waals surface area contributed by atoms with Crippen molar-refractivity contribution in [3.8, 4) is 0 Å². The molecule has 1 aliphatic rings. The van der Waals surface area contributed by atoms with Gasteiger partial charge in [0.05, 0.1) is 0 Å². The monoisotopic (exact) mass is 516 g/mol. The second-order valence-corrected chi connectivity index (χ2v) is 8.15. The number of rotatable bonds is 4. The van der Waals surface area contributed by atoms with E-state index in [-0.39, 0.29) is 0 Å². The van der Waals surface area contributed by atoms with Gasteiger partial charge in [0.1, 0.15) is 0 Å². The van der Waals surface area contributed by atoms with E-state index < -0.39 is 52.5 Å². The van der Waals surface area contributed by atoms with Gasteiger partial charge in [0.25, 0.3) is 0 Å². The SMILES string of the molecule is O=C1C(OS(=O)(=O)C(F)(F)F)=CC=C(I)C1OS(=O)(=O)C(F)(F)F. The first kappa shape index (κ1) is 21.2. The number of carbonyl (C=O) groups excluding carboxylic acids is 1. The minimum Gasteiger partial charge on any atom is -0.372 e. The summed E-state index contributed by atoms with van der Waals surface area (Å²) in [7, 11) is -12.6. The number of hydrogen-bond acceptors (Lipinski definition) is 7. The van der Waals surface area contributed by atoms with Gasteiger partial charge in [-0.3, -0.25) is 4.79 Å². The molecule has 1 rings (SSSR count). The van der Waals surface area contributed by atoms with E-state index in [2.05, 4.69) is 8.37 Å². The van der Waals surface area contributed by atoms with Crippen LogP contribution in [0, 0.1) is 0 Å². The highest BCUT2D eigenvalue weighted by atomic mass is 127. The molecule has 0 heterocycles. The van der Waals surface area contributed by atoms with Crippen LogP contribution >= 0.6 is 22.6 Å². The largest absolute Gasteiger partial charge is 0.534 e. The minimum atomic E-state index is -6.29. The first-order valence-corrected chi connectivity index (χ1v) is 9.01. The molecule has 16 heteroatoms. The van der Waals surface area contributed by atoms with E-state index in [9.17, 15) is 48.0 Å². The summed E-state index contributed by atoms with van der Waals surface area (Å²) in [4.78, 5) is 11.7. The van der Waals surface area contributed by atoms with Crippen LogP contribution in [0.3, 0.4) is 0 Å². The van der Waals surface area contributed by atoms with E-state index in [0.717, 1.165) is 0 Å². The van der Waals surface area contributed by atoms with Crippen LogP contribution in [0.25, 0.3) is 0 Å². The van der Waals surface area contributed by atoms with E-state index in [1.54, 1.807) is 0 Å². The molecule has 0 aromatic heterocycles. The highest BCUT2D eigenvalue weighted by Crippen LogP contribution is 2.33. The summed E-state index contributed by atoms with van der Waals surface area (Å²) in [5.74, 6) is -3.42. The average molecular weight is 516 g/mol. The van der Waals surface area contributed by atoms with Crippen LogP contribution in [0.4, 0.5) is 26.3 Å². The molecule has 24 heavy (non-hydrogen) atoms. The summed E-state index contributed by atoms with van der Waals surface area (Å²) in [5.41, 5.74) is -11.8. The predicted molar refractivity (Wildman–Crippen MR) is 71.1 cm³/mol. The molecule has 0 aliphatic heterocycles. The third kappa shape index (κ3) is 4.39. The molecule has 0 saturated carbocycles. The number of alkyl halides is 6. The number of allylic oxidation sites excluding steroid dienone is 2. The fourth-order valence-electron chi connectivity index (χ4n) is 1.08. The zero-order chi connectivity index (χ0) is 19.1. The Bertz CT molecular complexity index is 805. The van der Waals surface area contributed by atoms with Crippen LogP contribution in [0.5, 0.6) is 0 Å². The highest BCUT2D eigenvalue weighted by molar-refractivity contribution is 14.1. The summed E-state index contributed by atoms with van der Waals surface area (Å²) in [6.45, 7) is 0. The van der Waals surface area contributed by atoms with Crippen LogP contribution < -0.4 is 0 Å². The van der Waals surface area contributed by atoms with Crippen LogP contribution in [0.15, 0.2) is 21.5 Å². The maximum Gasteiger partial charge on any atom is 0.534 e. The number of ketones is 1. The lowest BCUT2D eigenvalue weighted by Gasteiger charge is -2.21. The summed E-state index contributed by atoms with van der Waals surface area (Å²) in [6.07, 6.45) is -1.48. The Labute approximate surface area is 143 Å². The number of halogens is 7. The van der Waals surface area contributed by atoms with Crippen LogP contribution in [0.2, 0.25) is 0 Å². The van der Waals surface area contributed by atoms with Gasteiger partial charge >= 0.3 is 31.3 Å². The van der Waals surface area contributed by atoms with Gasteiger partial charge in [0, 0.05) is 3.58 Å². The third-order valence-corrected chi connectivity index (χ3v) is 5.02. The number of Topliss-reactive ketones (excluding diaryl/α,β-unsaturated/α-hetero) is 1. The van der Waals surface area contributed by atoms with Crippen molar-refractivity contribution in [2.45, 2.75) is 17.1 Å². The Morgan fingerprint density at radius 2 is 1.38 bits per heavy atom. The Kier molecular flexibility index (Phi) is 5.69. The first-order chi connectivity index (χ1) is 10.5. The maximum atomic E-state index is 12.2. The van der Waals surface area contributed by atoms with Crippen molar-refractivity contribution < 1.29 is 56.3 Å². The van der Waals surface area contributed by atoms with Gasteiger partial charge in [0.15, 0.2) is 11.9 Å². The fraction of sp³-hybridized carbons (Fsp3) is 0.375. The second-order valence-electron chi connectivity index (χ2n) is 3.81. The van der Waals surface area contributed by atoms with Gasteiger partial charge < -0.3 is 4.18 Å². The molecule has 0 N–H and O–H groups in total. The molecule has 0 saturated heterocycles. The standard InChI is InChI=1S/C8H3F6IO7S2/c9-7(10,11)23(17,18)21-4-2-1-3(15)6(5(4)16)22-24(19,20)8(12,13)14/h1-2,6H. The van der Waals surface area contributed by atoms with E-state index >= 15 is 0 Å². The van der Waals surface area contributed by atoms with Crippen molar-refractivity contribution in [3.05, 3.63) is 21.5 Å². The molecule has 7 nitrogen and oxygen atoms in total. The minimum absolute atomic E-state index is 0.410. The summed E-state index contributed by atoms with van der Waals surface area (Å²) in [5, 5.41) is 0. The quantitative estimate of drug-likeness (QED) is 0.243. The molecular formula is C8H3F6IO7S2. The topological polar surface area (TPSA) is 104 Å². The van der Waals surface area contributed by atoms with Gasteiger partial charge in [-0.1, -0.05) is 0 Å². The molecule has 0 spiro atoms. The van der Waals surface area contributed by atoms with Crippen molar-refractivity contribution in [2.75, 3.05) is 0 Å². The number of hydrogen-bond donors (Lipinski definition) is 0. The van der Waals surface area contributed by atoms with E-state index in [4.69, 9.17) is 0 Å². The Hall–Kier alpha value is -0.880. The smallest absolute Gasteiger partial charge is 0.372 e. The van der Waals surface area contributed by atoms with Crippen molar-refractivity contribution in [2.24, 2.45) is 0 Å². The van der Waals surface area contributed by atoms with Crippen LogP contribution in [-0.2, 0) is 33.4 Å². The van der Waals surface area contributed by atoms with Gasteiger partial charge in [-0.2, -0.15) is 43.2 Å². The van der Waals surface area contributed by atoms with Gasteiger partial charge in [-0.15, -0.1) is 0 Å². The van der Waals surface area contributed by atoms with Crippen LogP contribution in [0.1, 0.15) is 0 Å². The molecule has 0 radical (unpaired) electrons. The van der Waals surface area contributed by atoms with Gasteiger partial charge in [0.2, 0.25) is 5.78 Å². The molecule has 1 atom stereocenters. The summed E-state index contributed by atoms with van der Waals surface area (Å²) < 4.78 is 123. The zero-order valence-corrected chi connectivity index (χ0v) is 14.3. The lowest BCUT2D eigenvalue weighted by atomic mass is 10.1. The van der Waals surface area contributed by atoms with Crippen molar-refractivity contribution in [1.29, 1.82) is 0 Å². The second kappa shape index (κ2) is 6.45. The fourth-order valence-corrected chi connectivity index (χ4v) is 2.87. The third-order valence-electron chi connectivity index (χ3n) is 2.11. The molecular weight excluding hydrogens is 513 g/mol. The maximum absolute atomic E-state index is 12.2. The molecule has 0 fully saturated rings. The normalized spacial score (nSPS) is 20.5. The predicted octanol–water partition coefficient (Wildman–Crippen LogP) is 1.87. The average Bonchev–Trinajstić information content (AvgIpc) is 2.35. The zero-order valence-electron chi connectivity index (χ0n) is 10.6. The Morgan fingerprint density at radius 1 is 0.917 bits per heavy atom. The molecule has 1 aliphatic carbocycles. The highest BCUT2D eigenvalue weighted by Gasteiger charge is 2.52. The van der Waals surface area contributed by atoms with Crippen molar-refractivity contribution in [3.63, 3.8) is 0 Å². The van der Waals surface area contributed by atoms with Crippen molar-refractivity contribution in [1.82, 2.24) is 0 Å². The van der Waals surface area contributed by atoms with Crippen LogP contribution in [-0.4, -0.2) is 39.7 Å². The van der Waals surface area contributed by atoms with Crippen molar-refractivity contribution >= 4 is 48.6 Å². The van der Waals surface area contributed by atoms with E-state index in [0.29, 0.717) is 12.2 Å². The lowest BCUT2D eigenvalue weighted by molar-refractivity contribution is -0.123. The van der Waals surface area contributed by atoms with E-state index in [1.807, 2.05) is 0 Å². The molecule has 1 unspecified atom stereocenters.